The molecule has 0 heterocycles. The highest BCUT2D eigenvalue weighted by molar-refractivity contribution is 9.10. The molecule has 3 N–H and O–H groups in total. The third kappa shape index (κ3) is 4.03. The second kappa shape index (κ2) is 6.36. The summed E-state index contributed by atoms with van der Waals surface area (Å²) in [7, 11) is 0. The first-order valence-corrected chi connectivity index (χ1v) is 6.82. The number of anilines is 1. The molecule has 0 aliphatic heterocycles. The quantitative estimate of drug-likeness (QED) is 0.503. The average Bonchev–Trinajstić information content (AvgIpc) is 2.44. The van der Waals surface area contributed by atoms with Crippen molar-refractivity contribution >= 4 is 33.2 Å². The number of nitrogens with one attached hydrogen (secondary N) is 1. The molecule has 0 radical (unpaired) electrons. The van der Waals surface area contributed by atoms with E-state index in [1.54, 1.807) is 30.3 Å². The number of rotatable bonds is 4. The van der Waals surface area contributed by atoms with E-state index >= 15 is 0 Å². The number of non-ortho nitro benzene ring substituents is 1. The van der Waals surface area contributed by atoms with Crippen molar-refractivity contribution in [3.05, 3.63) is 68.2 Å². The highest BCUT2D eigenvalue weighted by atomic mass is 79.9. The van der Waals surface area contributed by atoms with Crippen molar-refractivity contribution in [2.24, 2.45) is 0 Å². The van der Waals surface area contributed by atoms with Crippen molar-refractivity contribution in [1.82, 2.24) is 5.32 Å². The van der Waals surface area contributed by atoms with E-state index in [4.69, 9.17) is 5.73 Å². The van der Waals surface area contributed by atoms with Crippen molar-refractivity contribution in [1.29, 1.82) is 0 Å². The Morgan fingerprint density at radius 3 is 2.71 bits per heavy atom. The van der Waals surface area contributed by atoms with Crippen LogP contribution in [0, 0.1) is 10.1 Å². The highest BCUT2D eigenvalue weighted by Gasteiger charge is 2.09. The van der Waals surface area contributed by atoms with Crippen LogP contribution < -0.4 is 11.1 Å². The third-order valence-corrected chi connectivity index (χ3v) is 3.21. The van der Waals surface area contributed by atoms with Gasteiger partial charge in [0.1, 0.15) is 0 Å². The average molecular weight is 350 g/mol. The minimum absolute atomic E-state index is 0.00607. The van der Waals surface area contributed by atoms with Crippen LogP contribution in [0.5, 0.6) is 0 Å². The summed E-state index contributed by atoms with van der Waals surface area (Å²) in [5.74, 6) is -0.297. The molecule has 0 spiro atoms. The van der Waals surface area contributed by atoms with Gasteiger partial charge in [0.25, 0.3) is 11.6 Å². The highest BCUT2D eigenvalue weighted by Crippen LogP contribution is 2.17. The van der Waals surface area contributed by atoms with Gasteiger partial charge >= 0.3 is 0 Å². The van der Waals surface area contributed by atoms with Crippen LogP contribution in [0.25, 0.3) is 0 Å². The molecule has 2 aromatic rings. The van der Waals surface area contributed by atoms with Gasteiger partial charge in [-0.05, 0) is 23.8 Å². The fraction of sp³-hybridized carbons (Fsp3) is 0.0714. The van der Waals surface area contributed by atoms with Crippen LogP contribution in [0.2, 0.25) is 0 Å². The minimum Gasteiger partial charge on any atom is -0.399 e. The number of carbonyl (C=O) groups excluding carboxylic acids is 1. The summed E-state index contributed by atoms with van der Waals surface area (Å²) in [4.78, 5) is 22.2. The molecular formula is C14H12BrN3O3. The third-order valence-electron chi connectivity index (χ3n) is 2.76. The molecule has 2 aromatic carbocycles. The van der Waals surface area contributed by atoms with Crippen molar-refractivity contribution < 1.29 is 9.72 Å². The van der Waals surface area contributed by atoms with E-state index in [2.05, 4.69) is 21.2 Å². The smallest absolute Gasteiger partial charge is 0.269 e. The number of benzene rings is 2. The second-order valence-corrected chi connectivity index (χ2v) is 5.30. The monoisotopic (exact) mass is 349 g/mol. The lowest BCUT2D eigenvalue weighted by molar-refractivity contribution is -0.384. The maximum atomic E-state index is 12.0. The molecule has 0 bridgehead atoms. The largest absolute Gasteiger partial charge is 0.399 e. The zero-order valence-corrected chi connectivity index (χ0v) is 12.5. The van der Waals surface area contributed by atoms with Gasteiger partial charge in [0.05, 0.1) is 4.92 Å². The Labute approximate surface area is 129 Å². The maximum Gasteiger partial charge on any atom is 0.269 e. The lowest BCUT2D eigenvalue weighted by Crippen LogP contribution is -2.22. The Kier molecular flexibility index (Phi) is 4.54. The molecule has 1 amide bonds. The molecule has 0 atom stereocenters. The van der Waals surface area contributed by atoms with Gasteiger partial charge in [-0.25, -0.2) is 0 Å². The summed E-state index contributed by atoms with van der Waals surface area (Å²) in [6, 6.07) is 11.0. The molecule has 0 aliphatic rings. The van der Waals surface area contributed by atoms with E-state index in [1.165, 1.54) is 12.1 Å². The summed E-state index contributed by atoms with van der Waals surface area (Å²) >= 11 is 3.27. The Morgan fingerprint density at radius 2 is 2.05 bits per heavy atom. The zero-order chi connectivity index (χ0) is 15.4. The molecule has 21 heavy (non-hydrogen) atoms. The molecule has 0 fully saturated rings. The number of nitro groups is 1. The van der Waals surface area contributed by atoms with E-state index in [-0.39, 0.29) is 18.1 Å². The molecule has 7 heteroatoms. The van der Waals surface area contributed by atoms with Gasteiger partial charge in [-0.2, -0.15) is 0 Å². The van der Waals surface area contributed by atoms with Crippen molar-refractivity contribution in [3.8, 4) is 0 Å². The van der Waals surface area contributed by atoms with Crippen LogP contribution >= 0.6 is 15.9 Å². The van der Waals surface area contributed by atoms with E-state index in [0.717, 1.165) is 0 Å². The maximum absolute atomic E-state index is 12.0. The van der Waals surface area contributed by atoms with Crippen LogP contribution in [0.15, 0.2) is 46.9 Å². The number of nitrogens with two attached hydrogens (primary N) is 1. The first kappa shape index (κ1) is 15.0. The number of nitrogens with zero attached hydrogens (tertiary/aromatic N) is 1. The molecule has 0 aliphatic carbocycles. The van der Waals surface area contributed by atoms with Crippen LogP contribution in [-0.4, -0.2) is 10.8 Å². The lowest BCUT2D eigenvalue weighted by atomic mass is 10.1. The predicted molar refractivity (Wildman–Crippen MR) is 82.8 cm³/mol. The lowest BCUT2D eigenvalue weighted by Gasteiger charge is -2.07. The summed E-state index contributed by atoms with van der Waals surface area (Å²) in [5, 5.41) is 13.4. The number of amides is 1. The minimum atomic E-state index is -0.472. The van der Waals surface area contributed by atoms with Crippen LogP contribution in [-0.2, 0) is 6.54 Å². The molecule has 2 rings (SSSR count). The standard InChI is InChI=1S/C14H12BrN3O3/c15-11-5-10(6-12(16)7-11)14(19)17-8-9-2-1-3-13(4-9)18(20)21/h1-7H,8,16H2,(H,17,19). The predicted octanol–water partition coefficient (Wildman–Crippen LogP) is 2.87. The SMILES string of the molecule is Nc1cc(Br)cc(C(=O)NCc2cccc([N+](=O)[O-])c2)c1. The zero-order valence-electron chi connectivity index (χ0n) is 10.9. The summed E-state index contributed by atoms with van der Waals surface area (Å²) < 4.78 is 0.711. The Morgan fingerprint density at radius 1 is 1.29 bits per heavy atom. The molecule has 0 aromatic heterocycles. The second-order valence-electron chi connectivity index (χ2n) is 4.38. The number of nitro benzene ring substituents is 1. The van der Waals surface area contributed by atoms with E-state index in [0.29, 0.717) is 21.3 Å². The molecular weight excluding hydrogens is 338 g/mol. The Bertz CT molecular complexity index is 683. The fourth-order valence-corrected chi connectivity index (χ4v) is 2.32. The summed E-state index contributed by atoms with van der Waals surface area (Å²) in [6.45, 7) is 0.201. The number of carbonyl (C=O) groups is 1. The van der Waals surface area contributed by atoms with Gasteiger partial charge in [-0.15, -0.1) is 0 Å². The van der Waals surface area contributed by atoms with E-state index < -0.39 is 4.92 Å². The normalized spacial score (nSPS) is 10.1. The first-order chi connectivity index (χ1) is 9.95. The van der Waals surface area contributed by atoms with Gasteiger partial charge in [-0.3, -0.25) is 14.9 Å². The molecule has 108 valence electrons. The van der Waals surface area contributed by atoms with Crippen LogP contribution in [0.4, 0.5) is 11.4 Å². The van der Waals surface area contributed by atoms with Crippen molar-refractivity contribution in [2.75, 3.05) is 5.73 Å². The van der Waals surface area contributed by atoms with Crippen molar-refractivity contribution in [2.45, 2.75) is 6.54 Å². The van der Waals surface area contributed by atoms with E-state index in [9.17, 15) is 14.9 Å². The van der Waals surface area contributed by atoms with Gasteiger partial charge in [0.2, 0.25) is 0 Å². The molecule has 0 saturated heterocycles. The van der Waals surface area contributed by atoms with Gasteiger partial charge in [0.15, 0.2) is 0 Å². The van der Waals surface area contributed by atoms with Gasteiger partial charge in [-0.1, -0.05) is 28.1 Å². The number of nitrogen functional groups attached to an aromatic ring is 1. The van der Waals surface area contributed by atoms with Gasteiger partial charge < -0.3 is 11.1 Å². The molecule has 0 saturated carbocycles. The Hall–Kier alpha value is -2.41. The van der Waals surface area contributed by atoms with Crippen molar-refractivity contribution in [3.63, 3.8) is 0 Å². The number of halogens is 1. The topological polar surface area (TPSA) is 98.3 Å². The summed E-state index contributed by atoms with van der Waals surface area (Å²) in [6.07, 6.45) is 0. The summed E-state index contributed by atoms with van der Waals surface area (Å²) in [5.41, 5.74) is 7.22. The molecule has 6 nitrogen and oxygen atoms in total. The number of hydrogen-bond donors (Lipinski definition) is 2. The van der Waals surface area contributed by atoms with Crippen LogP contribution in [0.3, 0.4) is 0 Å². The first-order valence-electron chi connectivity index (χ1n) is 6.03. The van der Waals surface area contributed by atoms with E-state index in [1.807, 2.05) is 0 Å². The van der Waals surface area contributed by atoms with Crippen LogP contribution in [0.1, 0.15) is 15.9 Å². The van der Waals surface area contributed by atoms with Gasteiger partial charge in [0, 0.05) is 34.4 Å². The Balaban J connectivity index is 2.07. The fourth-order valence-electron chi connectivity index (χ4n) is 1.81. The molecule has 0 unspecified atom stereocenters. The number of hydrogen-bond acceptors (Lipinski definition) is 4.